The molecule has 0 atom stereocenters. The van der Waals surface area contributed by atoms with Gasteiger partial charge in [-0.05, 0) is 78.9 Å². The number of anilines is 6. The number of hydrogen-bond acceptors (Lipinski definition) is 13. The van der Waals surface area contributed by atoms with Crippen LogP contribution >= 0.6 is 0 Å². The number of nitrogens with one attached hydrogen (secondary N) is 7. The van der Waals surface area contributed by atoms with Crippen molar-refractivity contribution in [1.29, 1.82) is 0 Å². The Labute approximate surface area is 370 Å². The van der Waals surface area contributed by atoms with Gasteiger partial charge in [0, 0.05) is 149 Å². The van der Waals surface area contributed by atoms with Crippen LogP contribution in [0.1, 0.15) is 20.3 Å². The van der Waals surface area contributed by atoms with Gasteiger partial charge in [0.15, 0.2) is 0 Å². The van der Waals surface area contributed by atoms with E-state index < -0.39 is 0 Å². The van der Waals surface area contributed by atoms with Crippen LogP contribution in [-0.2, 0) is 9.59 Å². The Balaban J connectivity index is 0.000000207. The zero-order valence-corrected chi connectivity index (χ0v) is 36.0. The van der Waals surface area contributed by atoms with Crippen LogP contribution in [0.3, 0.4) is 0 Å². The van der Waals surface area contributed by atoms with Crippen LogP contribution in [0.15, 0.2) is 170 Å². The molecule has 8 heterocycles. The number of rotatable bonds is 7. The molecule has 0 aliphatic heterocycles. The molecule has 8 aromatic heterocycles. The molecular weight excluding hydrogens is 815 g/mol. The highest BCUT2D eigenvalue weighted by molar-refractivity contribution is 5.99. The lowest BCUT2D eigenvalue weighted by Gasteiger charge is -2.10. The van der Waals surface area contributed by atoms with E-state index in [-0.39, 0.29) is 23.5 Å². The first-order chi connectivity index (χ1) is 31.1. The maximum absolute atomic E-state index is 11.5. The molecule has 0 fully saturated rings. The molecule has 0 aliphatic carbocycles. The van der Waals surface area contributed by atoms with Crippen LogP contribution in [0.4, 0.5) is 38.9 Å². The van der Waals surface area contributed by atoms with E-state index in [0.29, 0.717) is 17.8 Å². The lowest BCUT2D eigenvalue weighted by molar-refractivity contribution is -0.116. The summed E-state index contributed by atoms with van der Waals surface area (Å²) in [5, 5.41) is 13.7. The summed E-state index contributed by atoms with van der Waals surface area (Å²) in [6, 6.07) is 23.1. The molecule has 0 spiro atoms. The number of amides is 4. The normalized spacial score (nSPS) is 9.33. The molecule has 4 amide bonds. The fourth-order valence-electron chi connectivity index (χ4n) is 4.53. The quantitative estimate of drug-likeness (QED) is 0.0844. The van der Waals surface area contributed by atoms with Gasteiger partial charge in [-0.3, -0.25) is 44.5 Å². The number of aromatic amines is 2. The number of carbonyl (C=O) groups is 3. The predicted octanol–water partition coefficient (Wildman–Crippen LogP) is 7.11. The predicted molar refractivity (Wildman–Crippen MR) is 252 cm³/mol. The highest BCUT2D eigenvalue weighted by Crippen LogP contribution is 2.08. The van der Waals surface area contributed by atoms with E-state index in [9.17, 15) is 19.2 Å². The van der Waals surface area contributed by atoms with Crippen LogP contribution < -0.4 is 37.2 Å². The Hall–Kier alpha value is -8.87. The SMILES string of the molecule is CC(=O)Nc1ccncc1.CCC(=O)Nc1ccncc1.CN(C)c1ccncc1.CNc1ccncc1.O=C(Nc1ccncc1)Nc1ccncc1.O=c1[nH]c2ccncc2[nH]1. The smallest absolute Gasteiger partial charge is 0.323 e. The van der Waals surface area contributed by atoms with Gasteiger partial charge >= 0.3 is 11.7 Å². The van der Waals surface area contributed by atoms with Crippen LogP contribution in [0.5, 0.6) is 0 Å². The van der Waals surface area contributed by atoms with E-state index in [1.165, 1.54) is 12.6 Å². The maximum atomic E-state index is 11.5. The minimum atomic E-state index is -0.294. The lowest BCUT2D eigenvalue weighted by Crippen LogP contribution is -2.19. The first kappa shape index (κ1) is 49.5. The first-order valence-corrected chi connectivity index (χ1v) is 19.5. The second-order valence-corrected chi connectivity index (χ2v) is 12.7. The van der Waals surface area contributed by atoms with Gasteiger partial charge in [0.1, 0.15) is 0 Å². The van der Waals surface area contributed by atoms with Crippen molar-refractivity contribution in [2.45, 2.75) is 20.3 Å². The number of imidazole rings is 1. The van der Waals surface area contributed by atoms with Crippen LogP contribution in [0, 0.1) is 0 Å². The fraction of sp³-hybridized carbons (Fsp3) is 0.133. The summed E-state index contributed by atoms with van der Waals surface area (Å²) in [6.45, 7) is 3.29. The van der Waals surface area contributed by atoms with E-state index >= 15 is 0 Å². The molecule has 330 valence electrons. The maximum Gasteiger partial charge on any atom is 0.323 e. The largest absolute Gasteiger partial charge is 0.388 e. The van der Waals surface area contributed by atoms with Crippen molar-refractivity contribution in [2.75, 3.05) is 52.6 Å². The third-order valence-corrected chi connectivity index (χ3v) is 7.63. The molecule has 0 unspecified atom stereocenters. The summed E-state index contributed by atoms with van der Waals surface area (Å²) in [5.74, 6) is -0.0394. The van der Waals surface area contributed by atoms with Crippen molar-refractivity contribution in [3.63, 3.8) is 0 Å². The van der Waals surface area contributed by atoms with Gasteiger partial charge in [0.2, 0.25) is 11.8 Å². The van der Waals surface area contributed by atoms with E-state index in [0.717, 1.165) is 28.1 Å². The number of pyridine rings is 7. The second-order valence-electron chi connectivity index (χ2n) is 12.7. The molecule has 8 aromatic rings. The molecule has 8 rings (SSSR count). The number of hydrogen-bond donors (Lipinski definition) is 7. The number of aromatic nitrogens is 9. The van der Waals surface area contributed by atoms with E-state index in [4.69, 9.17) is 0 Å². The molecule has 19 heteroatoms. The first-order valence-electron chi connectivity index (χ1n) is 19.5. The highest BCUT2D eigenvalue weighted by atomic mass is 16.2. The van der Waals surface area contributed by atoms with E-state index in [2.05, 4.69) is 71.4 Å². The molecule has 0 bridgehead atoms. The van der Waals surface area contributed by atoms with Crippen LogP contribution in [0.2, 0.25) is 0 Å². The van der Waals surface area contributed by atoms with Crippen molar-refractivity contribution < 1.29 is 14.4 Å². The minimum Gasteiger partial charge on any atom is -0.388 e. The Morgan fingerprint density at radius 1 is 0.500 bits per heavy atom. The number of nitrogens with zero attached hydrogens (tertiary/aromatic N) is 8. The average Bonchev–Trinajstić information content (AvgIpc) is 3.72. The number of urea groups is 1. The standard InChI is InChI=1S/C11H10N4O.C8H10N2O.C7H8N2O.C7H10N2.C6H5N3O.C6H8N2/c16-11(14-9-1-5-12-6-2-9)15-10-3-7-13-8-4-10;1-2-8(11)10-7-3-5-9-6-4-7;1-6(10)9-7-2-4-8-5-3-7;1-9(2)7-3-5-8-6-4-7;10-6-8-4-1-2-7-3-5(4)9-6;1-7-6-2-4-8-5-3-6/h1-8H,(H2,12,13,14,15,16);3-6H,2H2,1H3,(H,9,10,11);2-5H,1H3,(H,8,9,10);3-6H,1-2H3;1-3H,(H2,8,9,10);2-5H,1H3,(H,7,8). The topological polar surface area (TPSA) is 253 Å². The second kappa shape index (κ2) is 29.4. The van der Waals surface area contributed by atoms with Crippen molar-refractivity contribution in [2.24, 2.45) is 0 Å². The number of fused-ring (bicyclic) bond motifs is 1. The summed E-state index contributed by atoms with van der Waals surface area (Å²) in [7, 11) is 5.90. The molecule has 19 nitrogen and oxygen atoms in total. The van der Waals surface area contributed by atoms with Gasteiger partial charge < -0.3 is 41.5 Å². The van der Waals surface area contributed by atoms with Crippen molar-refractivity contribution in [3.8, 4) is 0 Å². The summed E-state index contributed by atoms with van der Waals surface area (Å²) in [5.41, 5.74) is 6.60. The van der Waals surface area contributed by atoms with E-state index in [1.54, 1.807) is 141 Å². The Morgan fingerprint density at radius 3 is 1.20 bits per heavy atom. The zero-order valence-electron chi connectivity index (χ0n) is 36.0. The van der Waals surface area contributed by atoms with Gasteiger partial charge in [0.05, 0.1) is 17.2 Å². The van der Waals surface area contributed by atoms with Gasteiger partial charge in [-0.15, -0.1) is 0 Å². The Bertz CT molecular complexity index is 2450. The van der Waals surface area contributed by atoms with Gasteiger partial charge in [-0.1, -0.05) is 6.92 Å². The number of carbonyl (C=O) groups excluding carboxylic acids is 3. The average molecular weight is 866 g/mol. The van der Waals surface area contributed by atoms with E-state index in [1.807, 2.05) is 57.2 Å². The highest BCUT2D eigenvalue weighted by Gasteiger charge is 2.01. The molecule has 7 N–H and O–H groups in total. The fourth-order valence-corrected chi connectivity index (χ4v) is 4.53. The summed E-state index contributed by atoms with van der Waals surface area (Å²) in [6.07, 6.45) is 23.8. The van der Waals surface area contributed by atoms with Gasteiger partial charge in [-0.2, -0.15) is 0 Å². The molecule has 0 saturated heterocycles. The minimum absolute atomic E-state index is 0.0243. The van der Waals surface area contributed by atoms with Crippen molar-refractivity contribution in [3.05, 3.63) is 176 Å². The summed E-state index contributed by atoms with van der Waals surface area (Å²) in [4.78, 5) is 77.7. The van der Waals surface area contributed by atoms with Crippen molar-refractivity contribution >= 4 is 63.0 Å². The third kappa shape index (κ3) is 21.4. The molecule has 0 aromatic carbocycles. The Kier molecular flexibility index (Phi) is 22.7. The Morgan fingerprint density at radius 2 is 0.859 bits per heavy atom. The monoisotopic (exact) mass is 865 g/mol. The third-order valence-electron chi connectivity index (χ3n) is 7.63. The number of H-pyrrole nitrogens is 2. The molecule has 0 saturated carbocycles. The van der Waals surface area contributed by atoms with Crippen LogP contribution in [0.25, 0.3) is 11.0 Å². The molecular formula is C45H51N15O4. The van der Waals surface area contributed by atoms with Crippen LogP contribution in [-0.4, -0.2) is 83.8 Å². The lowest BCUT2D eigenvalue weighted by atomic mass is 10.4. The molecule has 0 radical (unpaired) electrons. The van der Waals surface area contributed by atoms with Crippen molar-refractivity contribution in [1.82, 2.24) is 44.9 Å². The zero-order chi connectivity index (χ0) is 46.2. The molecule has 64 heavy (non-hydrogen) atoms. The van der Waals surface area contributed by atoms with Gasteiger partial charge in [0.25, 0.3) is 0 Å². The molecule has 0 aliphatic rings. The summed E-state index contributed by atoms with van der Waals surface area (Å²) < 4.78 is 0. The summed E-state index contributed by atoms with van der Waals surface area (Å²) >= 11 is 0. The van der Waals surface area contributed by atoms with Gasteiger partial charge in [-0.25, -0.2) is 9.59 Å².